The summed E-state index contributed by atoms with van der Waals surface area (Å²) in [7, 11) is -4.23. The van der Waals surface area contributed by atoms with E-state index in [2.05, 4.69) is 10.1 Å². The Kier molecular flexibility index (Phi) is 5.17. The maximum absolute atomic E-state index is 11.4. The molecule has 0 radical (unpaired) electrons. The summed E-state index contributed by atoms with van der Waals surface area (Å²) in [4.78, 5) is 11.2. The molecular weight excluding hydrogens is 234 g/mol. The Morgan fingerprint density at radius 1 is 1.50 bits per heavy atom. The lowest BCUT2D eigenvalue weighted by Crippen LogP contribution is -2.26. The largest absolute Gasteiger partial charge is 0.452 e. The summed E-state index contributed by atoms with van der Waals surface area (Å²) in [5, 5.41) is 1.66. The zero-order chi connectivity index (χ0) is 12.0. The van der Waals surface area contributed by atoms with Crippen molar-refractivity contribution < 1.29 is 22.1 Å². The van der Waals surface area contributed by atoms with Crippen LogP contribution in [0.3, 0.4) is 0 Å². The van der Waals surface area contributed by atoms with Crippen molar-refractivity contribution in [2.45, 2.75) is 32.3 Å². The lowest BCUT2D eigenvalue weighted by molar-refractivity contribution is 0.158. The first kappa shape index (κ1) is 13.4. The van der Waals surface area contributed by atoms with E-state index >= 15 is 0 Å². The molecule has 0 unspecified atom stereocenters. The van der Waals surface area contributed by atoms with Gasteiger partial charge in [0, 0.05) is 6.54 Å². The van der Waals surface area contributed by atoms with Gasteiger partial charge in [-0.1, -0.05) is 13.3 Å². The van der Waals surface area contributed by atoms with Crippen molar-refractivity contribution in [1.82, 2.24) is 5.32 Å². The lowest BCUT2D eigenvalue weighted by atomic mass is 10.3. The molecule has 1 aliphatic heterocycles. The highest BCUT2D eigenvalue weighted by molar-refractivity contribution is 8.01. The molecule has 1 heterocycles. The Bertz CT molecular complexity index is 321. The number of rotatable bonds is 5. The van der Waals surface area contributed by atoms with Crippen molar-refractivity contribution in [2.24, 2.45) is 0 Å². The van der Waals surface area contributed by atoms with E-state index in [0.717, 1.165) is 6.42 Å². The monoisotopic (exact) mass is 251 g/mol. The number of hydrogen-bond acceptors (Lipinski definition) is 6. The van der Waals surface area contributed by atoms with Crippen molar-refractivity contribution >= 4 is 15.4 Å². The third-order valence-corrected chi connectivity index (χ3v) is 3.25. The van der Waals surface area contributed by atoms with Crippen molar-refractivity contribution in [2.75, 3.05) is 19.7 Å². The number of nitrogens with one attached hydrogen (secondary N) is 1. The van der Waals surface area contributed by atoms with Gasteiger partial charge in [0.25, 0.3) is 0 Å². The highest BCUT2D eigenvalue weighted by atomic mass is 32.2. The smallest absolute Gasteiger partial charge is 0.452 e. The Morgan fingerprint density at radius 3 is 2.81 bits per heavy atom. The van der Waals surface area contributed by atoms with Crippen molar-refractivity contribution in [1.29, 1.82) is 0 Å². The summed E-state index contributed by atoms with van der Waals surface area (Å²) in [6.07, 6.45) is 1.61. The molecule has 1 N–H and O–H groups in total. The van der Waals surface area contributed by atoms with Crippen LogP contribution in [0.1, 0.15) is 26.2 Å². The zero-order valence-electron chi connectivity index (χ0n) is 9.27. The van der Waals surface area contributed by atoms with Crippen LogP contribution in [-0.4, -0.2) is 39.5 Å². The number of ether oxygens (including phenoxy) is 1. The van der Waals surface area contributed by atoms with Gasteiger partial charge in [-0.15, -0.1) is 0 Å². The number of carbonyl (C=O) groups excluding carboxylic acids is 1. The molecule has 0 aromatic heterocycles. The van der Waals surface area contributed by atoms with Crippen LogP contribution < -0.4 is 5.32 Å². The standard InChI is InChI=1S/C9H17NO5S/c1-2-3-6-14-9(11)16(12,13)15-8-4-5-10-7-8/h8,10H,2-7H2,1H3/t8-/m0/s1. The average Bonchev–Trinajstić information content (AvgIpc) is 2.70. The van der Waals surface area contributed by atoms with Gasteiger partial charge in [-0.2, -0.15) is 8.42 Å². The van der Waals surface area contributed by atoms with E-state index in [1.807, 2.05) is 6.92 Å². The molecule has 1 saturated heterocycles. The van der Waals surface area contributed by atoms with Crippen LogP contribution in [0, 0.1) is 0 Å². The van der Waals surface area contributed by atoms with Crippen molar-refractivity contribution in [3.63, 3.8) is 0 Å². The van der Waals surface area contributed by atoms with Crippen LogP contribution in [0.2, 0.25) is 0 Å². The molecule has 94 valence electrons. The van der Waals surface area contributed by atoms with Gasteiger partial charge >= 0.3 is 15.4 Å². The molecule has 7 heteroatoms. The Balaban J connectivity index is 2.39. The van der Waals surface area contributed by atoms with Gasteiger partial charge in [0.1, 0.15) is 0 Å². The Labute approximate surface area is 95.4 Å². The van der Waals surface area contributed by atoms with Crippen LogP contribution in [0.15, 0.2) is 0 Å². The van der Waals surface area contributed by atoms with Crippen molar-refractivity contribution in [3.05, 3.63) is 0 Å². The van der Waals surface area contributed by atoms with Crippen LogP contribution >= 0.6 is 0 Å². The van der Waals surface area contributed by atoms with Gasteiger partial charge in [-0.3, -0.25) is 4.18 Å². The predicted molar refractivity (Wildman–Crippen MR) is 57.5 cm³/mol. The maximum atomic E-state index is 11.4. The fourth-order valence-corrected chi connectivity index (χ4v) is 2.13. The first-order chi connectivity index (χ1) is 7.56. The molecule has 1 rings (SSSR count). The number of carbonyl (C=O) groups is 1. The first-order valence-corrected chi connectivity index (χ1v) is 6.78. The summed E-state index contributed by atoms with van der Waals surface area (Å²) in [5.41, 5.74) is 0. The summed E-state index contributed by atoms with van der Waals surface area (Å²) < 4.78 is 32.0. The van der Waals surface area contributed by atoms with Crippen LogP contribution in [0.5, 0.6) is 0 Å². The average molecular weight is 251 g/mol. The summed E-state index contributed by atoms with van der Waals surface area (Å²) in [5.74, 6) is 0. The first-order valence-electron chi connectivity index (χ1n) is 5.37. The minimum atomic E-state index is -4.23. The van der Waals surface area contributed by atoms with Gasteiger partial charge in [0.05, 0.1) is 12.7 Å². The van der Waals surface area contributed by atoms with Gasteiger partial charge in [-0.25, -0.2) is 4.79 Å². The second kappa shape index (κ2) is 6.17. The number of hydrogen-bond donors (Lipinski definition) is 1. The molecule has 1 atom stereocenters. The molecular formula is C9H17NO5S. The highest BCUT2D eigenvalue weighted by Crippen LogP contribution is 2.10. The zero-order valence-corrected chi connectivity index (χ0v) is 10.1. The van der Waals surface area contributed by atoms with Gasteiger partial charge in [0.2, 0.25) is 0 Å². The molecule has 16 heavy (non-hydrogen) atoms. The van der Waals surface area contributed by atoms with Crippen LogP contribution in [0.25, 0.3) is 0 Å². The van der Waals surface area contributed by atoms with E-state index in [4.69, 9.17) is 4.18 Å². The van der Waals surface area contributed by atoms with E-state index < -0.39 is 21.5 Å². The van der Waals surface area contributed by atoms with Gasteiger partial charge in [0.15, 0.2) is 0 Å². The molecule has 0 aromatic carbocycles. The van der Waals surface area contributed by atoms with E-state index in [1.165, 1.54) is 0 Å². The van der Waals surface area contributed by atoms with Crippen LogP contribution in [0.4, 0.5) is 4.79 Å². The minimum Gasteiger partial charge on any atom is -0.452 e. The second-order valence-corrected chi connectivity index (χ2v) is 5.05. The molecule has 6 nitrogen and oxygen atoms in total. The minimum absolute atomic E-state index is 0.112. The Morgan fingerprint density at radius 2 is 2.25 bits per heavy atom. The maximum Gasteiger partial charge on any atom is 0.452 e. The normalized spacial score (nSPS) is 20.9. The van der Waals surface area contributed by atoms with E-state index in [1.54, 1.807) is 0 Å². The predicted octanol–water partition coefficient (Wildman–Crippen LogP) is 0.631. The Hall–Kier alpha value is -0.660. The molecule has 0 saturated carbocycles. The highest BCUT2D eigenvalue weighted by Gasteiger charge is 2.30. The lowest BCUT2D eigenvalue weighted by Gasteiger charge is -2.09. The second-order valence-electron chi connectivity index (χ2n) is 3.62. The number of unbranched alkanes of at least 4 members (excludes halogenated alkanes) is 1. The third kappa shape index (κ3) is 4.07. The van der Waals surface area contributed by atoms with E-state index in [0.29, 0.717) is 25.9 Å². The van der Waals surface area contributed by atoms with Crippen molar-refractivity contribution in [3.8, 4) is 0 Å². The topological polar surface area (TPSA) is 81.7 Å². The molecule has 1 fully saturated rings. The van der Waals surface area contributed by atoms with E-state index in [9.17, 15) is 13.2 Å². The summed E-state index contributed by atoms with van der Waals surface area (Å²) in [6.45, 7) is 3.18. The quantitative estimate of drug-likeness (QED) is 0.438. The molecule has 0 amide bonds. The van der Waals surface area contributed by atoms with Gasteiger partial charge in [-0.05, 0) is 19.4 Å². The fraction of sp³-hybridized carbons (Fsp3) is 0.889. The van der Waals surface area contributed by atoms with Gasteiger partial charge < -0.3 is 10.1 Å². The molecule has 0 bridgehead atoms. The molecule has 0 aromatic rings. The molecule has 0 spiro atoms. The summed E-state index contributed by atoms with van der Waals surface area (Å²) >= 11 is 0. The van der Waals surface area contributed by atoms with Crippen LogP contribution in [-0.2, 0) is 19.0 Å². The summed E-state index contributed by atoms with van der Waals surface area (Å²) in [6, 6.07) is 0. The van der Waals surface area contributed by atoms with E-state index in [-0.39, 0.29) is 6.61 Å². The fourth-order valence-electron chi connectivity index (χ4n) is 1.30. The SMILES string of the molecule is CCCCOC(=O)S(=O)(=O)O[C@H]1CCNC1. The molecule has 0 aliphatic carbocycles. The third-order valence-electron chi connectivity index (χ3n) is 2.20. The molecule has 1 aliphatic rings.